The van der Waals surface area contributed by atoms with Crippen LogP contribution in [0.3, 0.4) is 0 Å². The fourth-order valence-electron chi connectivity index (χ4n) is 1.42. The molecule has 3 N–H and O–H groups in total. The van der Waals surface area contributed by atoms with Crippen LogP contribution in [-0.4, -0.2) is 10.9 Å². The van der Waals surface area contributed by atoms with Gasteiger partial charge in [-0.1, -0.05) is 13.0 Å². The Kier molecular flexibility index (Phi) is 3.25. The van der Waals surface area contributed by atoms with Crippen molar-refractivity contribution < 1.29 is 9.90 Å². The van der Waals surface area contributed by atoms with E-state index >= 15 is 0 Å². The third kappa shape index (κ3) is 2.12. The number of aromatic hydroxyl groups is 1. The highest BCUT2D eigenvalue weighted by Crippen LogP contribution is 2.22. The number of aryl methyl sites for hydroxylation is 1. The number of hydrogen-bond donors (Lipinski definition) is 2. The Bertz CT molecular complexity index is 347. The normalized spacial score (nSPS) is 12.5. The minimum atomic E-state index is -0.578. The van der Waals surface area contributed by atoms with Crippen molar-refractivity contribution in [1.29, 1.82) is 0 Å². The molecule has 1 aromatic rings. The predicted octanol–water partition coefficient (Wildman–Crippen LogP) is 1.54. The van der Waals surface area contributed by atoms with Gasteiger partial charge in [0.25, 0.3) is 0 Å². The summed E-state index contributed by atoms with van der Waals surface area (Å²) >= 11 is 0. The van der Waals surface area contributed by atoms with E-state index in [0.29, 0.717) is 0 Å². The molecule has 3 nitrogen and oxygen atoms in total. The Morgan fingerprint density at radius 2 is 2.21 bits per heavy atom. The summed E-state index contributed by atoms with van der Waals surface area (Å²) in [6, 6.07) is 4.33. The van der Waals surface area contributed by atoms with Crippen LogP contribution in [0.2, 0.25) is 0 Å². The van der Waals surface area contributed by atoms with Gasteiger partial charge in [-0.15, -0.1) is 0 Å². The SMILES string of the molecule is CCc1cc(O)ccc1C(N)C(C)=O. The molecule has 0 saturated carbocycles. The molecular formula is C11H15NO2. The smallest absolute Gasteiger partial charge is 0.150 e. The Labute approximate surface area is 83.6 Å². The maximum atomic E-state index is 11.1. The van der Waals surface area contributed by atoms with E-state index in [4.69, 9.17) is 5.73 Å². The van der Waals surface area contributed by atoms with Gasteiger partial charge in [0, 0.05) is 0 Å². The van der Waals surface area contributed by atoms with E-state index in [0.717, 1.165) is 17.5 Å². The van der Waals surface area contributed by atoms with Crippen molar-refractivity contribution in [2.45, 2.75) is 26.3 Å². The molecular weight excluding hydrogens is 178 g/mol. The molecule has 1 unspecified atom stereocenters. The summed E-state index contributed by atoms with van der Waals surface area (Å²) in [5.74, 6) is 0.145. The molecule has 0 spiro atoms. The van der Waals surface area contributed by atoms with Crippen LogP contribution in [-0.2, 0) is 11.2 Å². The van der Waals surface area contributed by atoms with Crippen LogP contribution in [0.5, 0.6) is 5.75 Å². The molecule has 0 aliphatic carbocycles. The van der Waals surface area contributed by atoms with E-state index in [2.05, 4.69) is 0 Å². The van der Waals surface area contributed by atoms with Crippen molar-refractivity contribution in [1.82, 2.24) is 0 Å². The summed E-state index contributed by atoms with van der Waals surface area (Å²) in [7, 11) is 0. The van der Waals surface area contributed by atoms with Crippen molar-refractivity contribution >= 4 is 5.78 Å². The molecule has 14 heavy (non-hydrogen) atoms. The predicted molar refractivity (Wildman–Crippen MR) is 55.1 cm³/mol. The molecule has 76 valence electrons. The zero-order valence-electron chi connectivity index (χ0n) is 8.45. The Balaban J connectivity index is 3.13. The lowest BCUT2D eigenvalue weighted by molar-refractivity contribution is -0.118. The van der Waals surface area contributed by atoms with Gasteiger partial charge in [0.15, 0.2) is 5.78 Å². The Morgan fingerprint density at radius 1 is 1.57 bits per heavy atom. The molecule has 1 aromatic carbocycles. The van der Waals surface area contributed by atoms with Gasteiger partial charge in [0.05, 0.1) is 6.04 Å². The molecule has 0 bridgehead atoms. The van der Waals surface area contributed by atoms with E-state index in [1.807, 2.05) is 6.92 Å². The third-order valence-corrected chi connectivity index (χ3v) is 2.28. The van der Waals surface area contributed by atoms with Gasteiger partial charge >= 0.3 is 0 Å². The molecule has 0 saturated heterocycles. The van der Waals surface area contributed by atoms with Gasteiger partial charge in [0.1, 0.15) is 5.75 Å². The number of phenols is 1. The van der Waals surface area contributed by atoms with Crippen molar-refractivity contribution in [3.8, 4) is 5.75 Å². The number of phenolic OH excluding ortho intramolecular Hbond substituents is 1. The van der Waals surface area contributed by atoms with E-state index in [-0.39, 0.29) is 11.5 Å². The number of hydrogen-bond acceptors (Lipinski definition) is 3. The third-order valence-electron chi connectivity index (χ3n) is 2.28. The van der Waals surface area contributed by atoms with E-state index in [9.17, 15) is 9.90 Å². The van der Waals surface area contributed by atoms with Crippen molar-refractivity contribution in [3.63, 3.8) is 0 Å². The van der Waals surface area contributed by atoms with Crippen molar-refractivity contribution in [2.24, 2.45) is 5.73 Å². The molecule has 1 rings (SSSR count). The standard InChI is InChI=1S/C11H15NO2/c1-3-8-6-9(14)4-5-10(8)11(12)7(2)13/h4-6,11,14H,3,12H2,1-2H3. The minimum Gasteiger partial charge on any atom is -0.508 e. The molecule has 0 aliphatic rings. The quantitative estimate of drug-likeness (QED) is 0.765. The molecule has 0 aliphatic heterocycles. The molecule has 1 atom stereocenters. The van der Waals surface area contributed by atoms with Crippen LogP contribution in [0.15, 0.2) is 18.2 Å². The number of carbonyl (C=O) groups excluding carboxylic acids is 1. The van der Waals surface area contributed by atoms with E-state index in [1.54, 1.807) is 18.2 Å². The van der Waals surface area contributed by atoms with Crippen LogP contribution in [0.4, 0.5) is 0 Å². The summed E-state index contributed by atoms with van der Waals surface area (Å²) in [5, 5.41) is 9.26. The minimum absolute atomic E-state index is 0.0645. The molecule has 0 heterocycles. The maximum absolute atomic E-state index is 11.1. The largest absolute Gasteiger partial charge is 0.508 e. The lowest BCUT2D eigenvalue weighted by atomic mass is 9.97. The average molecular weight is 193 g/mol. The second-order valence-electron chi connectivity index (χ2n) is 3.32. The van der Waals surface area contributed by atoms with Gasteiger partial charge in [-0.05, 0) is 36.6 Å². The second-order valence-corrected chi connectivity index (χ2v) is 3.32. The summed E-state index contributed by atoms with van der Waals surface area (Å²) in [6.45, 7) is 3.43. The summed E-state index contributed by atoms with van der Waals surface area (Å²) in [5.41, 5.74) is 7.46. The number of carbonyl (C=O) groups is 1. The van der Waals surface area contributed by atoms with Gasteiger partial charge in [0.2, 0.25) is 0 Å². The fourth-order valence-corrected chi connectivity index (χ4v) is 1.42. The van der Waals surface area contributed by atoms with Crippen LogP contribution in [0.1, 0.15) is 31.0 Å². The van der Waals surface area contributed by atoms with Crippen molar-refractivity contribution in [3.05, 3.63) is 29.3 Å². The number of ketones is 1. The maximum Gasteiger partial charge on any atom is 0.150 e. The number of nitrogens with two attached hydrogens (primary N) is 1. The lowest BCUT2D eigenvalue weighted by Gasteiger charge is -2.13. The molecule has 0 fully saturated rings. The van der Waals surface area contributed by atoms with Crippen LogP contribution >= 0.6 is 0 Å². The molecule has 0 radical (unpaired) electrons. The van der Waals surface area contributed by atoms with Gasteiger partial charge < -0.3 is 10.8 Å². The number of benzene rings is 1. The monoisotopic (exact) mass is 193 g/mol. The molecule has 0 amide bonds. The van der Waals surface area contributed by atoms with Crippen molar-refractivity contribution in [2.75, 3.05) is 0 Å². The molecule has 3 heteroatoms. The highest BCUT2D eigenvalue weighted by molar-refractivity contribution is 5.83. The first kappa shape index (κ1) is 10.7. The average Bonchev–Trinajstić information content (AvgIpc) is 2.16. The Hall–Kier alpha value is -1.35. The molecule has 0 aromatic heterocycles. The van der Waals surface area contributed by atoms with E-state index in [1.165, 1.54) is 6.92 Å². The zero-order valence-corrected chi connectivity index (χ0v) is 8.45. The fraction of sp³-hybridized carbons (Fsp3) is 0.364. The summed E-state index contributed by atoms with van der Waals surface area (Å²) in [4.78, 5) is 11.1. The highest BCUT2D eigenvalue weighted by atomic mass is 16.3. The first-order valence-electron chi connectivity index (χ1n) is 4.64. The van der Waals surface area contributed by atoms with E-state index < -0.39 is 6.04 Å². The van der Waals surface area contributed by atoms with Crippen LogP contribution in [0.25, 0.3) is 0 Å². The van der Waals surface area contributed by atoms with Gasteiger partial charge in [-0.3, -0.25) is 4.79 Å². The summed E-state index contributed by atoms with van der Waals surface area (Å²) < 4.78 is 0. The Morgan fingerprint density at radius 3 is 2.71 bits per heavy atom. The van der Waals surface area contributed by atoms with Crippen LogP contribution in [0, 0.1) is 0 Å². The summed E-state index contributed by atoms with van der Waals surface area (Å²) in [6.07, 6.45) is 0.755. The topological polar surface area (TPSA) is 63.3 Å². The number of rotatable bonds is 3. The van der Waals surface area contributed by atoms with Gasteiger partial charge in [-0.25, -0.2) is 0 Å². The lowest BCUT2D eigenvalue weighted by Crippen LogP contribution is -2.19. The first-order chi connectivity index (χ1) is 6.56. The van der Waals surface area contributed by atoms with Gasteiger partial charge in [-0.2, -0.15) is 0 Å². The second kappa shape index (κ2) is 4.24. The highest BCUT2D eigenvalue weighted by Gasteiger charge is 2.14. The van der Waals surface area contributed by atoms with Crippen LogP contribution < -0.4 is 5.73 Å². The number of Topliss-reactive ketones (excluding diaryl/α,β-unsaturated/α-hetero) is 1. The first-order valence-corrected chi connectivity index (χ1v) is 4.64. The zero-order chi connectivity index (χ0) is 10.7.